The second kappa shape index (κ2) is 7.83. The van der Waals surface area contributed by atoms with Crippen LogP contribution in [0.1, 0.15) is 35.6 Å². The van der Waals surface area contributed by atoms with E-state index in [4.69, 9.17) is 0 Å². The number of nitrogens with one attached hydrogen (secondary N) is 2. The lowest BCUT2D eigenvalue weighted by Crippen LogP contribution is -2.54. The first-order valence-electron chi connectivity index (χ1n) is 10.8. The van der Waals surface area contributed by atoms with Crippen LogP contribution < -0.4 is 15.5 Å². The van der Waals surface area contributed by atoms with Gasteiger partial charge in [-0.15, -0.1) is 5.10 Å². The molecule has 0 aliphatic carbocycles. The van der Waals surface area contributed by atoms with Crippen LogP contribution in [0.25, 0.3) is 16.6 Å². The topological polar surface area (TPSA) is 100 Å². The van der Waals surface area contributed by atoms with Gasteiger partial charge in [-0.2, -0.15) is 5.10 Å². The molecule has 1 aromatic carbocycles. The highest BCUT2D eigenvalue weighted by molar-refractivity contribution is 6.13. The van der Waals surface area contributed by atoms with E-state index in [1.54, 1.807) is 12.4 Å². The highest BCUT2D eigenvalue weighted by Crippen LogP contribution is 2.29. The van der Waals surface area contributed by atoms with Crippen LogP contribution in [0.5, 0.6) is 0 Å². The molecular formula is C23H26N8O. The summed E-state index contributed by atoms with van der Waals surface area (Å²) in [6.07, 6.45) is 5.35. The molecule has 0 radical (unpaired) electrons. The van der Waals surface area contributed by atoms with Gasteiger partial charge in [0.1, 0.15) is 11.3 Å². The molecule has 2 N–H and O–H groups in total. The SMILES string of the molecule is Cc1cn2cc(NC(=O)c3ccc(N4C[C@@H](C)N[C@@H](C)C4)c4ccnnc34)nc(C)c2n1. The number of nitrogens with zero attached hydrogens (tertiary/aromatic N) is 6. The quantitative estimate of drug-likeness (QED) is 0.515. The van der Waals surface area contributed by atoms with Crippen molar-refractivity contribution in [3.8, 4) is 0 Å². The number of carbonyl (C=O) groups is 1. The van der Waals surface area contributed by atoms with Gasteiger partial charge in [-0.1, -0.05) is 0 Å². The molecule has 0 bridgehead atoms. The Morgan fingerprint density at radius 1 is 1.09 bits per heavy atom. The first-order valence-corrected chi connectivity index (χ1v) is 10.8. The Balaban J connectivity index is 1.50. The van der Waals surface area contributed by atoms with Crippen LogP contribution in [-0.4, -0.2) is 55.6 Å². The maximum atomic E-state index is 13.2. The summed E-state index contributed by atoms with van der Waals surface area (Å²) in [5, 5.41) is 15.8. The van der Waals surface area contributed by atoms with Crippen molar-refractivity contribution >= 4 is 34.0 Å². The fraction of sp³-hybridized carbons (Fsp3) is 0.348. The molecule has 9 nitrogen and oxygen atoms in total. The Hall–Kier alpha value is -3.59. The molecule has 1 amide bonds. The number of rotatable bonds is 3. The van der Waals surface area contributed by atoms with E-state index in [1.165, 1.54) is 0 Å². The van der Waals surface area contributed by atoms with Crippen LogP contribution in [0, 0.1) is 13.8 Å². The predicted molar refractivity (Wildman–Crippen MR) is 124 cm³/mol. The van der Waals surface area contributed by atoms with Crippen molar-refractivity contribution in [2.24, 2.45) is 0 Å². The van der Waals surface area contributed by atoms with Crippen LogP contribution in [-0.2, 0) is 0 Å². The number of benzene rings is 1. The molecule has 164 valence electrons. The Morgan fingerprint density at radius 2 is 1.88 bits per heavy atom. The average molecular weight is 431 g/mol. The number of carbonyl (C=O) groups excluding carboxylic acids is 1. The van der Waals surface area contributed by atoms with Crippen LogP contribution >= 0.6 is 0 Å². The first-order chi connectivity index (χ1) is 15.4. The van der Waals surface area contributed by atoms with Gasteiger partial charge in [0, 0.05) is 42.4 Å². The van der Waals surface area contributed by atoms with Gasteiger partial charge >= 0.3 is 0 Å². The van der Waals surface area contributed by atoms with Crippen LogP contribution in [0.2, 0.25) is 0 Å². The summed E-state index contributed by atoms with van der Waals surface area (Å²) < 4.78 is 1.88. The Morgan fingerprint density at radius 3 is 2.66 bits per heavy atom. The van der Waals surface area contributed by atoms with Crippen molar-refractivity contribution in [1.29, 1.82) is 0 Å². The second-order valence-corrected chi connectivity index (χ2v) is 8.58. The number of piperazine rings is 1. The number of anilines is 2. The standard InChI is InChI=1S/C23H26N8O/c1-13-9-30(10-14(2)25-13)19-6-5-18(21-17(19)7-8-24-29-21)23(32)28-20-12-31-11-15(3)26-22(31)16(4)27-20/h5-8,11-14,25H,9-10H2,1-4H3,(H,28,32)/t13-,14+. The minimum Gasteiger partial charge on any atom is -0.368 e. The van der Waals surface area contributed by atoms with Crippen LogP contribution in [0.4, 0.5) is 11.5 Å². The van der Waals surface area contributed by atoms with Crippen molar-refractivity contribution in [2.75, 3.05) is 23.3 Å². The summed E-state index contributed by atoms with van der Waals surface area (Å²) in [7, 11) is 0. The molecule has 9 heteroatoms. The van der Waals surface area contributed by atoms with Gasteiger partial charge < -0.3 is 19.9 Å². The van der Waals surface area contributed by atoms with Gasteiger partial charge in [-0.25, -0.2) is 9.97 Å². The van der Waals surface area contributed by atoms with Gasteiger partial charge in [0.25, 0.3) is 5.91 Å². The number of imidazole rings is 1. The number of fused-ring (bicyclic) bond motifs is 2. The highest BCUT2D eigenvalue weighted by atomic mass is 16.1. The molecule has 32 heavy (non-hydrogen) atoms. The molecule has 0 unspecified atom stereocenters. The fourth-order valence-corrected chi connectivity index (χ4v) is 4.57. The maximum absolute atomic E-state index is 13.2. The third kappa shape index (κ3) is 3.64. The van der Waals surface area contributed by atoms with E-state index in [9.17, 15) is 4.79 Å². The van der Waals surface area contributed by atoms with Crippen molar-refractivity contribution < 1.29 is 4.79 Å². The average Bonchev–Trinajstić information content (AvgIpc) is 3.13. The predicted octanol–water partition coefficient (Wildman–Crippen LogP) is 2.73. The molecule has 1 aliphatic heterocycles. The molecule has 1 aliphatic rings. The summed E-state index contributed by atoms with van der Waals surface area (Å²) in [5.74, 6) is 0.190. The zero-order valence-electron chi connectivity index (χ0n) is 18.6. The van der Waals surface area contributed by atoms with Crippen molar-refractivity contribution in [1.82, 2.24) is 29.9 Å². The van der Waals surface area contributed by atoms with Crippen molar-refractivity contribution in [2.45, 2.75) is 39.8 Å². The Kier molecular flexibility index (Phi) is 4.97. The van der Waals surface area contributed by atoms with E-state index in [2.05, 4.69) is 49.5 Å². The smallest absolute Gasteiger partial charge is 0.259 e. The third-order valence-corrected chi connectivity index (χ3v) is 5.77. The molecule has 5 rings (SSSR count). The lowest BCUT2D eigenvalue weighted by atomic mass is 10.0. The molecule has 1 fully saturated rings. The van der Waals surface area contributed by atoms with Gasteiger partial charge in [-0.05, 0) is 45.9 Å². The summed E-state index contributed by atoms with van der Waals surface area (Å²) >= 11 is 0. The number of amides is 1. The van der Waals surface area contributed by atoms with Crippen LogP contribution in [0.3, 0.4) is 0 Å². The van der Waals surface area contributed by atoms with Gasteiger partial charge in [0.15, 0.2) is 5.65 Å². The van der Waals surface area contributed by atoms with Gasteiger partial charge in [-0.3, -0.25) is 4.79 Å². The van der Waals surface area contributed by atoms with E-state index in [0.29, 0.717) is 29.0 Å². The fourth-order valence-electron chi connectivity index (χ4n) is 4.57. The summed E-state index contributed by atoms with van der Waals surface area (Å²) in [6.45, 7) is 9.95. The Labute approximate surface area is 185 Å². The number of hydrogen-bond donors (Lipinski definition) is 2. The molecule has 0 saturated carbocycles. The van der Waals surface area contributed by atoms with E-state index in [0.717, 1.165) is 41.2 Å². The molecule has 4 heterocycles. The second-order valence-electron chi connectivity index (χ2n) is 8.58. The third-order valence-electron chi connectivity index (χ3n) is 5.77. The zero-order valence-corrected chi connectivity index (χ0v) is 18.6. The van der Waals surface area contributed by atoms with Crippen molar-refractivity contribution in [3.63, 3.8) is 0 Å². The van der Waals surface area contributed by atoms with Crippen molar-refractivity contribution in [3.05, 3.63) is 53.7 Å². The van der Waals surface area contributed by atoms with Crippen LogP contribution in [0.15, 0.2) is 36.8 Å². The largest absolute Gasteiger partial charge is 0.368 e. The molecule has 4 aromatic rings. The molecule has 1 saturated heterocycles. The number of aryl methyl sites for hydroxylation is 2. The molecule has 3 aromatic heterocycles. The minimum atomic E-state index is -0.271. The van der Waals surface area contributed by atoms with E-state index in [1.807, 2.05) is 42.6 Å². The lowest BCUT2D eigenvalue weighted by molar-refractivity contribution is 0.102. The summed E-state index contributed by atoms with van der Waals surface area (Å²) in [6, 6.07) is 6.51. The van der Waals surface area contributed by atoms with E-state index >= 15 is 0 Å². The molecule has 0 spiro atoms. The maximum Gasteiger partial charge on any atom is 0.259 e. The number of aromatic nitrogens is 5. The summed E-state index contributed by atoms with van der Waals surface area (Å²) in [4.78, 5) is 24.5. The number of hydrogen-bond acceptors (Lipinski definition) is 7. The molecular weight excluding hydrogens is 404 g/mol. The zero-order chi connectivity index (χ0) is 22.4. The minimum absolute atomic E-state index is 0.271. The first kappa shape index (κ1) is 20.3. The summed E-state index contributed by atoms with van der Waals surface area (Å²) in [5.41, 5.74) is 4.54. The normalized spacial score (nSPS) is 18.9. The lowest BCUT2D eigenvalue weighted by Gasteiger charge is -2.38. The van der Waals surface area contributed by atoms with E-state index in [-0.39, 0.29) is 5.91 Å². The van der Waals surface area contributed by atoms with Gasteiger partial charge in [0.05, 0.1) is 29.3 Å². The van der Waals surface area contributed by atoms with E-state index < -0.39 is 0 Å². The Bertz CT molecular complexity index is 1320. The molecule has 2 atom stereocenters. The highest BCUT2D eigenvalue weighted by Gasteiger charge is 2.24. The monoisotopic (exact) mass is 430 g/mol. The van der Waals surface area contributed by atoms with Gasteiger partial charge in [0.2, 0.25) is 0 Å².